The van der Waals surface area contributed by atoms with E-state index in [1.54, 1.807) is 7.11 Å². The van der Waals surface area contributed by atoms with E-state index < -0.39 is 5.97 Å². The van der Waals surface area contributed by atoms with Gasteiger partial charge >= 0.3 is 5.97 Å². The number of benzene rings is 1. The fourth-order valence-corrected chi connectivity index (χ4v) is 3.80. The minimum Gasteiger partial charge on any atom is -0.496 e. The van der Waals surface area contributed by atoms with Crippen molar-refractivity contribution in [2.75, 3.05) is 25.7 Å². The fraction of sp³-hybridized carbons (Fsp3) is 0.333. The number of esters is 1. The summed E-state index contributed by atoms with van der Waals surface area (Å²) in [7, 11) is 3.02. The van der Waals surface area contributed by atoms with Gasteiger partial charge in [-0.3, -0.25) is 0 Å². The maximum absolute atomic E-state index is 11.6. The zero-order valence-electron chi connectivity index (χ0n) is 12.3. The third-order valence-corrected chi connectivity index (χ3v) is 5.14. The molecule has 0 aliphatic carbocycles. The van der Waals surface area contributed by atoms with Crippen molar-refractivity contribution in [1.82, 2.24) is 4.98 Å². The number of halogens is 1. The van der Waals surface area contributed by atoms with Crippen LogP contribution >= 0.6 is 22.9 Å². The van der Waals surface area contributed by atoms with Crippen LogP contribution in [-0.2, 0) is 17.7 Å². The number of thiazole rings is 1. The first-order chi connectivity index (χ1) is 10.6. The highest BCUT2D eigenvalue weighted by Crippen LogP contribution is 2.35. The summed E-state index contributed by atoms with van der Waals surface area (Å²) in [6.45, 7) is 1.52. The third kappa shape index (κ3) is 2.64. The summed E-state index contributed by atoms with van der Waals surface area (Å²) in [6.07, 6.45) is 0.865. The summed E-state index contributed by atoms with van der Waals surface area (Å²) >= 11 is 7.30. The van der Waals surface area contributed by atoms with Crippen molar-refractivity contribution in [2.45, 2.75) is 13.0 Å². The molecular weight excluding hydrogens is 324 g/mol. The normalized spacial score (nSPS) is 13.7. The summed E-state index contributed by atoms with van der Waals surface area (Å²) in [5, 5.41) is 0.933. The van der Waals surface area contributed by atoms with Crippen molar-refractivity contribution in [3.05, 3.63) is 39.4 Å². The largest absolute Gasteiger partial charge is 0.496 e. The van der Waals surface area contributed by atoms with Crippen LogP contribution in [0.5, 0.6) is 5.75 Å². The number of hydrogen-bond acceptors (Lipinski definition) is 6. The molecule has 0 bridgehead atoms. The molecule has 1 aliphatic heterocycles. The summed E-state index contributed by atoms with van der Waals surface area (Å²) in [6, 6.07) is 6.04. The molecule has 1 aromatic carbocycles. The molecule has 2 aromatic rings. The molecule has 0 saturated carbocycles. The minimum atomic E-state index is -0.451. The second-order valence-corrected chi connectivity index (χ2v) is 6.21. The average molecular weight is 339 g/mol. The first kappa shape index (κ1) is 15.1. The van der Waals surface area contributed by atoms with E-state index in [4.69, 9.17) is 21.1 Å². The Morgan fingerprint density at radius 3 is 2.95 bits per heavy atom. The lowest BCUT2D eigenvalue weighted by Crippen LogP contribution is -2.30. The molecule has 7 heteroatoms. The van der Waals surface area contributed by atoms with Gasteiger partial charge in [0.05, 0.1) is 14.2 Å². The molecule has 0 N–H and O–H groups in total. The van der Waals surface area contributed by atoms with E-state index in [1.807, 2.05) is 12.1 Å². The molecule has 0 saturated heterocycles. The molecule has 1 aromatic heterocycles. The van der Waals surface area contributed by atoms with Gasteiger partial charge in [-0.05, 0) is 18.1 Å². The molecular formula is C15H15ClN2O3S. The number of hydrogen-bond donors (Lipinski definition) is 0. The van der Waals surface area contributed by atoms with Crippen molar-refractivity contribution < 1.29 is 14.3 Å². The van der Waals surface area contributed by atoms with Crippen molar-refractivity contribution in [3.63, 3.8) is 0 Å². The molecule has 0 radical (unpaired) electrons. The van der Waals surface area contributed by atoms with Gasteiger partial charge in [0, 0.05) is 18.7 Å². The first-order valence-corrected chi connectivity index (χ1v) is 7.97. The second kappa shape index (κ2) is 6.14. The highest BCUT2D eigenvalue weighted by atomic mass is 35.5. The van der Waals surface area contributed by atoms with Crippen LogP contribution in [0.4, 0.5) is 5.13 Å². The monoisotopic (exact) mass is 338 g/mol. The topological polar surface area (TPSA) is 51.7 Å². The third-order valence-electron chi connectivity index (χ3n) is 3.66. The molecule has 0 fully saturated rings. The zero-order chi connectivity index (χ0) is 15.7. The minimum absolute atomic E-state index is 0.197. The van der Waals surface area contributed by atoms with Crippen LogP contribution in [0.25, 0.3) is 0 Å². The van der Waals surface area contributed by atoms with E-state index in [1.165, 1.54) is 29.6 Å². The van der Waals surface area contributed by atoms with E-state index in [-0.39, 0.29) is 5.15 Å². The Morgan fingerprint density at radius 1 is 1.41 bits per heavy atom. The van der Waals surface area contributed by atoms with Crippen LogP contribution in [0.2, 0.25) is 5.15 Å². The van der Waals surface area contributed by atoms with Crippen molar-refractivity contribution >= 4 is 34.0 Å². The van der Waals surface area contributed by atoms with Crippen LogP contribution in [0, 0.1) is 0 Å². The van der Waals surface area contributed by atoms with Gasteiger partial charge in [-0.2, -0.15) is 0 Å². The Labute approximate surface area is 137 Å². The number of aromatic nitrogens is 1. The predicted molar refractivity (Wildman–Crippen MR) is 86.2 cm³/mol. The zero-order valence-corrected chi connectivity index (χ0v) is 13.8. The lowest BCUT2D eigenvalue weighted by molar-refractivity contribution is 0.0606. The second-order valence-electron chi connectivity index (χ2n) is 4.88. The Morgan fingerprint density at radius 2 is 2.23 bits per heavy atom. The number of anilines is 1. The van der Waals surface area contributed by atoms with Crippen molar-refractivity contribution in [3.8, 4) is 5.75 Å². The Balaban J connectivity index is 1.87. The smallest absolute Gasteiger partial charge is 0.351 e. The van der Waals surface area contributed by atoms with Gasteiger partial charge in [-0.25, -0.2) is 9.78 Å². The van der Waals surface area contributed by atoms with Gasteiger partial charge < -0.3 is 14.4 Å². The van der Waals surface area contributed by atoms with Crippen LogP contribution in [-0.4, -0.2) is 31.7 Å². The lowest BCUT2D eigenvalue weighted by Gasteiger charge is -2.29. The summed E-state index contributed by atoms with van der Waals surface area (Å²) in [4.78, 5) is 18.4. The molecule has 2 heterocycles. The highest BCUT2D eigenvalue weighted by molar-refractivity contribution is 7.18. The number of methoxy groups -OCH3 is 2. The summed E-state index contributed by atoms with van der Waals surface area (Å²) in [5.74, 6) is 0.470. The molecule has 3 rings (SSSR count). The first-order valence-electron chi connectivity index (χ1n) is 6.78. The van der Waals surface area contributed by atoms with Gasteiger partial charge in [-0.15, -0.1) is 0 Å². The van der Waals surface area contributed by atoms with E-state index in [9.17, 15) is 4.79 Å². The SMILES string of the molecule is COC(=O)c1sc(N2CCc3c(cccc3OC)C2)nc1Cl. The lowest BCUT2D eigenvalue weighted by atomic mass is 9.99. The Bertz CT molecular complexity index is 717. The predicted octanol–water partition coefficient (Wildman–Crippen LogP) is 3.15. The van der Waals surface area contributed by atoms with E-state index in [2.05, 4.69) is 16.0 Å². The summed E-state index contributed by atoms with van der Waals surface area (Å²) in [5.41, 5.74) is 2.44. The van der Waals surface area contributed by atoms with Gasteiger partial charge in [0.2, 0.25) is 0 Å². The molecule has 22 heavy (non-hydrogen) atoms. The van der Waals surface area contributed by atoms with E-state index >= 15 is 0 Å². The van der Waals surface area contributed by atoms with Crippen LogP contribution in [0.15, 0.2) is 18.2 Å². The number of ether oxygens (including phenoxy) is 2. The number of carbonyl (C=O) groups is 1. The summed E-state index contributed by atoms with van der Waals surface area (Å²) < 4.78 is 10.1. The quantitative estimate of drug-likeness (QED) is 0.805. The van der Waals surface area contributed by atoms with Crippen LogP contribution in [0.1, 0.15) is 20.8 Å². The molecule has 0 unspecified atom stereocenters. The number of rotatable bonds is 3. The molecule has 0 spiro atoms. The highest BCUT2D eigenvalue weighted by Gasteiger charge is 2.24. The van der Waals surface area contributed by atoms with Gasteiger partial charge in [0.25, 0.3) is 0 Å². The number of fused-ring (bicyclic) bond motifs is 1. The Hall–Kier alpha value is -1.79. The van der Waals surface area contributed by atoms with Gasteiger partial charge in [-0.1, -0.05) is 35.1 Å². The number of nitrogens with zero attached hydrogens (tertiary/aromatic N) is 2. The van der Waals surface area contributed by atoms with Crippen molar-refractivity contribution in [2.24, 2.45) is 0 Å². The molecule has 0 amide bonds. The molecule has 1 aliphatic rings. The Kier molecular flexibility index (Phi) is 4.22. The fourth-order valence-electron chi connectivity index (χ4n) is 2.57. The van der Waals surface area contributed by atoms with Crippen LogP contribution in [0.3, 0.4) is 0 Å². The van der Waals surface area contributed by atoms with Gasteiger partial charge in [0.1, 0.15) is 5.75 Å². The van der Waals surface area contributed by atoms with Crippen LogP contribution < -0.4 is 9.64 Å². The molecule has 0 atom stereocenters. The van der Waals surface area contributed by atoms with Crippen molar-refractivity contribution in [1.29, 1.82) is 0 Å². The maximum Gasteiger partial charge on any atom is 0.351 e. The number of carbonyl (C=O) groups excluding carboxylic acids is 1. The van der Waals surface area contributed by atoms with E-state index in [0.29, 0.717) is 4.88 Å². The van der Waals surface area contributed by atoms with E-state index in [0.717, 1.165) is 30.4 Å². The standard InChI is InChI=1S/C15H15ClN2O3S/c1-20-11-5-3-4-9-8-18(7-6-10(9)11)15-17-13(16)12(22-15)14(19)21-2/h3-5H,6-8H2,1-2H3. The molecule has 5 nitrogen and oxygen atoms in total. The van der Waals surface area contributed by atoms with Gasteiger partial charge in [0.15, 0.2) is 15.2 Å². The maximum atomic E-state index is 11.6. The average Bonchev–Trinajstić information content (AvgIpc) is 2.94. The molecule has 116 valence electrons.